The highest BCUT2D eigenvalue weighted by Gasteiger charge is 2.24. The van der Waals surface area contributed by atoms with Crippen LogP contribution in [0.15, 0.2) is 40.7 Å². The van der Waals surface area contributed by atoms with Gasteiger partial charge >= 0.3 is 0 Å². The molecule has 6 nitrogen and oxygen atoms in total. The molecular weight excluding hydrogens is 346 g/mol. The monoisotopic (exact) mass is 367 g/mol. The van der Waals surface area contributed by atoms with Crippen LogP contribution in [0.3, 0.4) is 0 Å². The zero-order chi connectivity index (χ0) is 17.6. The number of benzene rings is 1. The summed E-state index contributed by atoms with van der Waals surface area (Å²) in [6.45, 7) is 4.81. The number of rotatable bonds is 8. The van der Waals surface area contributed by atoms with Gasteiger partial charge in [0.2, 0.25) is 10.0 Å². The van der Waals surface area contributed by atoms with Crippen molar-refractivity contribution in [2.75, 3.05) is 18.4 Å². The van der Waals surface area contributed by atoms with Crippen LogP contribution in [0.4, 0.5) is 5.13 Å². The van der Waals surface area contributed by atoms with Gasteiger partial charge in [-0.1, -0.05) is 19.9 Å². The summed E-state index contributed by atoms with van der Waals surface area (Å²) >= 11 is 1.30. The summed E-state index contributed by atoms with van der Waals surface area (Å²) in [4.78, 5) is 16.4. The summed E-state index contributed by atoms with van der Waals surface area (Å²) in [7, 11) is -3.60. The Kier molecular flexibility index (Phi) is 6.47. The molecule has 0 saturated carbocycles. The molecule has 8 heteroatoms. The van der Waals surface area contributed by atoms with Crippen LogP contribution in [-0.2, 0) is 10.0 Å². The lowest BCUT2D eigenvalue weighted by Crippen LogP contribution is -2.32. The van der Waals surface area contributed by atoms with Crippen molar-refractivity contribution in [2.45, 2.75) is 31.6 Å². The second-order valence-corrected chi connectivity index (χ2v) is 8.06. The van der Waals surface area contributed by atoms with Gasteiger partial charge in [0, 0.05) is 30.2 Å². The molecule has 1 aromatic heterocycles. The lowest BCUT2D eigenvalue weighted by Gasteiger charge is -2.21. The molecule has 1 aromatic carbocycles. The van der Waals surface area contributed by atoms with Crippen molar-refractivity contribution in [2.24, 2.45) is 0 Å². The summed E-state index contributed by atoms with van der Waals surface area (Å²) in [5.74, 6) is -0.375. The van der Waals surface area contributed by atoms with E-state index in [0.29, 0.717) is 23.8 Å². The van der Waals surface area contributed by atoms with E-state index in [4.69, 9.17) is 0 Å². The number of sulfonamides is 1. The number of thiazole rings is 1. The van der Waals surface area contributed by atoms with Gasteiger partial charge in [-0.15, -0.1) is 11.3 Å². The van der Waals surface area contributed by atoms with Crippen molar-refractivity contribution in [1.29, 1.82) is 0 Å². The molecule has 0 saturated heterocycles. The molecule has 0 atom stereocenters. The van der Waals surface area contributed by atoms with Crippen molar-refractivity contribution in [3.8, 4) is 0 Å². The van der Waals surface area contributed by atoms with Crippen molar-refractivity contribution in [3.05, 3.63) is 41.4 Å². The average Bonchev–Trinajstić information content (AvgIpc) is 3.07. The van der Waals surface area contributed by atoms with E-state index < -0.39 is 10.0 Å². The van der Waals surface area contributed by atoms with Crippen LogP contribution in [0.5, 0.6) is 0 Å². The Morgan fingerprint density at radius 1 is 1.25 bits per heavy atom. The van der Waals surface area contributed by atoms with Crippen LogP contribution in [-0.4, -0.2) is 36.7 Å². The van der Waals surface area contributed by atoms with E-state index in [1.807, 2.05) is 13.8 Å². The number of hydrogen-bond acceptors (Lipinski definition) is 5. The fourth-order valence-electron chi connectivity index (χ4n) is 2.25. The number of nitrogens with zero attached hydrogens (tertiary/aromatic N) is 2. The summed E-state index contributed by atoms with van der Waals surface area (Å²) in [6, 6.07) is 6.11. The fraction of sp³-hybridized carbons (Fsp3) is 0.375. The number of carbonyl (C=O) groups excluding carboxylic acids is 1. The second-order valence-electron chi connectivity index (χ2n) is 5.22. The second kappa shape index (κ2) is 8.36. The Morgan fingerprint density at radius 3 is 2.54 bits per heavy atom. The summed E-state index contributed by atoms with van der Waals surface area (Å²) in [6.07, 6.45) is 3.07. The zero-order valence-corrected chi connectivity index (χ0v) is 15.4. The lowest BCUT2D eigenvalue weighted by molar-refractivity contribution is 0.102. The lowest BCUT2D eigenvalue weighted by atomic mass is 10.2. The van der Waals surface area contributed by atoms with Gasteiger partial charge in [-0.05, 0) is 31.0 Å². The number of aromatic nitrogens is 1. The van der Waals surface area contributed by atoms with E-state index in [9.17, 15) is 13.2 Å². The maximum absolute atomic E-state index is 12.8. The highest BCUT2D eigenvalue weighted by molar-refractivity contribution is 7.89. The first-order chi connectivity index (χ1) is 11.5. The van der Waals surface area contributed by atoms with E-state index in [-0.39, 0.29) is 10.8 Å². The van der Waals surface area contributed by atoms with Gasteiger partial charge in [-0.2, -0.15) is 4.31 Å². The maximum Gasteiger partial charge on any atom is 0.257 e. The Balaban J connectivity index is 2.26. The summed E-state index contributed by atoms with van der Waals surface area (Å²) in [5, 5.41) is 4.89. The first kappa shape index (κ1) is 18.6. The molecule has 0 aliphatic rings. The first-order valence-corrected chi connectivity index (χ1v) is 10.1. The molecule has 130 valence electrons. The highest BCUT2D eigenvalue weighted by Crippen LogP contribution is 2.19. The minimum Gasteiger partial charge on any atom is -0.298 e. The number of amides is 1. The number of anilines is 1. The predicted octanol–water partition coefficient (Wildman–Crippen LogP) is 3.21. The molecule has 1 amide bonds. The van der Waals surface area contributed by atoms with Gasteiger partial charge in [0.25, 0.3) is 5.91 Å². The minimum atomic E-state index is -3.60. The van der Waals surface area contributed by atoms with Crippen LogP contribution < -0.4 is 5.32 Å². The smallest absolute Gasteiger partial charge is 0.257 e. The van der Waals surface area contributed by atoms with E-state index in [0.717, 1.165) is 12.8 Å². The van der Waals surface area contributed by atoms with Gasteiger partial charge < -0.3 is 0 Å². The highest BCUT2D eigenvalue weighted by atomic mass is 32.2. The number of nitrogens with one attached hydrogen (secondary N) is 1. The Labute approximate surface area is 146 Å². The molecule has 1 N–H and O–H groups in total. The third-order valence-corrected chi connectivity index (χ3v) is 5.92. The molecule has 0 bridgehead atoms. The van der Waals surface area contributed by atoms with E-state index in [1.165, 1.54) is 27.8 Å². The predicted molar refractivity (Wildman–Crippen MR) is 95.9 cm³/mol. The normalized spacial score (nSPS) is 11.6. The minimum absolute atomic E-state index is 0.135. The molecule has 0 unspecified atom stereocenters. The first-order valence-electron chi connectivity index (χ1n) is 7.80. The Bertz CT molecular complexity index is 768. The van der Waals surface area contributed by atoms with Gasteiger partial charge in [-0.25, -0.2) is 13.4 Å². The third-order valence-electron chi connectivity index (χ3n) is 3.33. The topological polar surface area (TPSA) is 79.4 Å². The van der Waals surface area contributed by atoms with E-state index in [2.05, 4.69) is 10.3 Å². The van der Waals surface area contributed by atoms with Gasteiger partial charge in [0.1, 0.15) is 0 Å². The quantitative estimate of drug-likeness (QED) is 0.777. The standard InChI is InChI=1S/C16H21N3O3S2/c1-3-9-19(10-4-2)24(21,22)14-7-5-6-13(12-14)15(20)18-16-17-8-11-23-16/h5-8,11-12H,3-4,9-10H2,1-2H3,(H,17,18,20). The third kappa shape index (κ3) is 4.40. The number of hydrogen-bond donors (Lipinski definition) is 1. The van der Waals surface area contributed by atoms with E-state index >= 15 is 0 Å². The van der Waals surface area contributed by atoms with Gasteiger partial charge in [-0.3, -0.25) is 10.1 Å². The molecule has 0 aliphatic heterocycles. The molecule has 2 aromatic rings. The Hall–Kier alpha value is -1.77. The van der Waals surface area contributed by atoms with E-state index in [1.54, 1.807) is 23.7 Å². The maximum atomic E-state index is 12.8. The molecule has 2 rings (SSSR count). The SMILES string of the molecule is CCCN(CCC)S(=O)(=O)c1cccc(C(=O)Nc2nccs2)c1. The largest absolute Gasteiger partial charge is 0.298 e. The van der Waals surface area contributed by atoms with Crippen LogP contribution in [0.25, 0.3) is 0 Å². The van der Waals surface area contributed by atoms with Crippen LogP contribution in [0, 0.1) is 0 Å². The molecule has 0 aliphatic carbocycles. The van der Waals surface area contributed by atoms with Crippen molar-refractivity contribution < 1.29 is 13.2 Å². The van der Waals surface area contributed by atoms with Crippen molar-refractivity contribution in [1.82, 2.24) is 9.29 Å². The van der Waals surface area contributed by atoms with Crippen molar-refractivity contribution in [3.63, 3.8) is 0 Å². The molecule has 0 spiro atoms. The molecule has 0 fully saturated rings. The molecule has 1 heterocycles. The van der Waals surface area contributed by atoms with Crippen LogP contribution in [0.1, 0.15) is 37.0 Å². The molecular formula is C16H21N3O3S2. The van der Waals surface area contributed by atoms with Gasteiger partial charge in [0.15, 0.2) is 5.13 Å². The number of carbonyl (C=O) groups is 1. The van der Waals surface area contributed by atoms with Gasteiger partial charge in [0.05, 0.1) is 4.90 Å². The Morgan fingerprint density at radius 2 is 1.96 bits per heavy atom. The van der Waals surface area contributed by atoms with Crippen LogP contribution in [0.2, 0.25) is 0 Å². The summed E-state index contributed by atoms with van der Waals surface area (Å²) < 4.78 is 27.0. The average molecular weight is 367 g/mol. The summed E-state index contributed by atoms with van der Waals surface area (Å²) in [5.41, 5.74) is 0.291. The molecule has 24 heavy (non-hydrogen) atoms. The van der Waals surface area contributed by atoms with Crippen LogP contribution >= 0.6 is 11.3 Å². The fourth-order valence-corrected chi connectivity index (χ4v) is 4.45. The zero-order valence-electron chi connectivity index (χ0n) is 13.7. The molecule has 0 radical (unpaired) electrons. The van der Waals surface area contributed by atoms with Crippen molar-refractivity contribution >= 4 is 32.4 Å².